The molecule has 0 bridgehead atoms. The van der Waals surface area contributed by atoms with Gasteiger partial charge in [-0.15, -0.1) is 0 Å². The third-order valence-electron chi connectivity index (χ3n) is 5.93. The van der Waals surface area contributed by atoms with Crippen molar-refractivity contribution >= 4 is 11.9 Å². The molecule has 0 aromatic carbocycles. The summed E-state index contributed by atoms with van der Waals surface area (Å²) in [7, 11) is 0. The van der Waals surface area contributed by atoms with Crippen molar-refractivity contribution in [2.24, 2.45) is 11.8 Å². The predicted molar refractivity (Wildman–Crippen MR) is 95.1 cm³/mol. The summed E-state index contributed by atoms with van der Waals surface area (Å²) >= 11 is 0. The van der Waals surface area contributed by atoms with Crippen molar-refractivity contribution in [2.75, 3.05) is 13.1 Å². The van der Waals surface area contributed by atoms with Crippen LogP contribution in [0.15, 0.2) is 23.3 Å². The van der Waals surface area contributed by atoms with Crippen molar-refractivity contribution in [1.82, 2.24) is 4.90 Å². The SMILES string of the molecule is C/C1=C/[C@H]2OC(=O)[C@@H](CN3CCC[C@H]3C(=O)O)[C@@H]2CC/C(C)=C\CC1. The summed E-state index contributed by atoms with van der Waals surface area (Å²) in [6.07, 6.45) is 9.74. The van der Waals surface area contributed by atoms with Gasteiger partial charge in [-0.2, -0.15) is 0 Å². The van der Waals surface area contributed by atoms with Crippen LogP contribution in [-0.2, 0) is 14.3 Å². The molecule has 0 aromatic rings. The van der Waals surface area contributed by atoms with E-state index in [0.29, 0.717) is 13.0 Å². The number of rotatable bonds is 3. The van der Waals surface area contributed by atoms with Gasteiger partial charge in [-0.25, -0.2) is 0 Å². The fourth-order valence-corrected chi connectivity index (χ4v) is 4.43. The van der Waals surface area contributed by atoms with Gasteiger partial charge in [0.25, 0.3) is 0 Å². The topological polar surface area (TPSA) is 66.8 Å². The molecule has 0 saturated carbocycles. The molecule has 0 amide bonds. The van der Waals surface area contributed by atoms with Gasteiger partial charge in [0.1, 0.15) is 12.1 Å². The van der Waals surface area contributed by atoms with Crippen molar-refractivity contribution < 1.29 is 19.4 Å². The maximum Gasteiger partial charge on any atom is 0.320 e. The van der Waals surface area contributed by atoms with E-state index in [1.54, 1.807) is 0 Å². The number of aliphatic carboxylic acids is 1. The third-order valence-corrected chi connectivity index (χ3v) is 5.93. The molecule has 3 rings (SSSR count). The Balaban J connectivity index is 1.78. The van der Waals surface area contributed by atoms with Gasteiger partial charge in [0.15, 0.2) is 0 Å². The molecule has 2 saturated heterocycles. The largest absolute Gasteiger partial charge is 0.480 e. The van der Waals surface area contributed by atoms with E-state index in [9.17, 15) is 14.7 Å². The van der Waals surface area contributed by atoms with Crippen LogP contribution in [0.4, 0.5) is 0 Å². The van der Waals surface area contributed by atoms with E-state index in [-0.39, 0.29) is 23.9 Å². The minimum Gasteiger partial charge on any atom is -0.480 e. The molecule has 2 heterocycles. The normalized spacial score (nSPS) is 38.2. The molecule has 2 aliphatic heterocycles. The lowest BCUT2D eigenvalue weighted by Crippen LogP contribution is -2.41. The zero-order chi connectivity index (χ0) is 18.0. The van der Waals surface area contributed by atoms with Crippen LogP contribution in [0.5, 0.6) is 0 Å². The first-order valence-corrected chi connectivity index (χ1v) is 9.46. The van der Waals surface area contributed by atoms with Crippen LogP contribution in [0.1, 0.15) is 52.4 Å². The lowest BCUT2D eigenvalue weighted by atomic mass is 9.83. The van der Waals surface area contributed by atoms with Crippen molar-refractivity contribution in [2.45, 2.75) is 64.5 Å². The second-order valence-corrected chi connectivity index (χ2v) is 7.80. The molecule has 1 N–H and O–H groups in total. The Kier molecular flexibility index (Phi) is 5.62. The quantitative estimate of drug-likeness (QED) is 0.627. The Bertz CT molecular complexity index is 595. The smallest absolute Gasteiger partial charge is 0.320 e. The van der Waals surface area contributed by atoms with Gasteiger partial charge in [-0.1, -0.05) is 17.2 Å². The van der Waals surface area contributed by atoms with E-state index >= 15 is 0 Å². The number of hydrogen-bond donors (Lipinski definition) is 1. The fourth-order valence-electron chi connectivity index (χ4n) is 4.43. The van der Waals surface area contributed by atoms with Crippen LogP contribution in [-0.4, -0.2) is 47.2 Å². The van der Waals surface area contributed by atoms with Crippen molar-refractivity contribution in [3.63, 3.8) is 0 Å². The fraction of sp³-hybridized carbons (Fsp3) is 0.700. The highest BCUT2D eigenvalue weighted by Gasteiger charge is 2.45. The number of esters is 1. The highest BCUT2D eigenvalue weighted by Crippen LogP contribution is 2.37. The average molecular weight is 347 g/mol. The lowest BCUT2D eigenvalue weighted by molar-refractivity contribution is -0.146. The molecule has 138 valence electrons. The molecular weight excluding hydrogens is 318 g/mol. The van der Waals surface area contributed by atoms with Crippen LogP contribution < -0.4 is 0 Å². The van der Waals surface area contributed by atoms with Crippen molar-refractivity contribution in [1.29, 1.82) is 0 Å². The minimum absolute atomic E-state index is 0.138. The molecule has 5 heteroatoms. The minimum atomic E-state index is -0.777. The maximum atomic E-state index is 12.5. The van der Waals surface area contributed by atoms with E-state index in [4.69, 9.17) is 4.74 Å². The van der Waals surface area contributed by atoms with E-state index in [1.165, 1.54) is 11.1 Å². The van der Waals surface area contributed by atoms with E-state index in [0.717, 1.165) is 38.6 Å². The molecule has 0 spiro atoms. The summed E-state index contributed by atoms with van der Waals surface area (Å²) in [5.41, 5.74) is 2.63. The molecule has 0 unspecified atom stereocenters. The summed E-state index contributed by atoms with van der Waals surface area (Å²) in [5, 5.41) is 9.40. The molecule has 3 aliphatic rings. The maximum absolute atomic E-state index is 12.5. The molecule has 0 radical (unpaired) electrons. The van der Waals surface area contributed by atoms with Gasteiger partial charge in [0.05, 0.1) is 5.92 Å². The Morgan fingerprint density at radius 1 is 1.28 bits per heavy atom. The Labute approximate surface area is 149 Å². The second-order valence-electron chi connectivity index (χ2n) is 7.80. The van der Waals surface area contributed by atoms with Crippen LogP contribution in [0.3, 0.4) is 0 Å². The van der Waals surface area contributed by atoms with E-state index in [1.807, 2.05) is 4.90 Å². The van der Waals surface area contributed by atoms with Crippen LogP contribution in [0.2, 0.25) is 0 Å². The van der Waals surface area contributed by atoms with Crippen LogP contribution in [0.25, 0.3) is 0 Å². The van der Waals surface area contributed by atoms with Gasteiger partial charge in [0.2, 0.25) is 0 Å². The van der Waals surface area contributed by atoms with Crippen molar-refractivity contribution in [3.8, 4) is 0 Å². The molecule has 2 fully saturated rings. The van der Waals surface area contributed by atoms with Gasteiger partial charge >= 0.3 is 11.9 Å². The first-order valence-electron chi connectivity index (χ1n) is 9.46. The van der Waals surface area contributed by atoms with Gasteiger partial charge in [-0.05, 0) is 65.0 Å². The van der Waals surface area contributed by atoms with E-state index in [2.05, 4.69) is 26.0 Å². The number of nitrogens with zero attached hydrogens (tertiary/aromatic N) is 1. The summed E-state index contributed by atoms with van der Waals surface area (Å²) in [5.74, 6) is -1.02. The summed E-state index contributed by atoms with van der Waals surface area (Å²) in [4.78, 5) is 26.0. The average Bonchev–Trinajstić information content (AvgIpc) is 3.11. The zero-order valence-corrected chi connectivity index (χ0v) is 15.2. The molecule has 1 aliphatic carbocycles. The molecular formula is C20H29NO4. The predicted octanol–water partition coefficient (Wildman–Crippen LogP) is 3.16. The van der Waals surface area contributed by atoms with Crippen molar-refractivity contribution in [3.05, 3.63) is 23.3 Å². The van der Waals surface area contributed by atoms with Crippen LogP contribution >= 0.6 is 0 Å². The van der Waals surface area contributed by atoms with Gasteiger partial charge in [-0.3, -0.25) is 14.5 Å². The van der Waals surface area contributed by atoms with E-state index < -0.39 is 12.0 Å². The highest BCUT2D eigenvalue weighted by molar-refractivity contribution is 5.77. The number of allylic oxidation sites excluding steroid dienone is 3. The Morgan fingerprint density at radius 2 is 2.08 bits per heavy atom. The summed E-state index contributed by atoms with van der Waals surface area (Å²) in [6.45, 7) is 5.52. The second kappa shape index (κ2) is 7.73. The number of ether oxygens (including phenoxy) is 1. The lowest BCUT2D eigenvalue weighted by Gasteiger charge is -2.27. The zero-order valence-electron chi connectivity index (χ0n) is 15.2. The highest BCUT2D eigenvalue weighted by atomic mass is 16.6. The molecule has 0 aromatic heterocycles. The van der Waals surface area contributed by atoms with Gasteiger partial charge in [0, 0.05) is 12.5 Å². The molecule has 5 nitrogen and oxygen atoms in total. The first-order chi connectivity index (χ1) is 12.0. The first kappa shape index (κ1) is 18.2. The number of carbonyl (C=O) groups is 2. The number of fused-ring (bicyclic) bond motifs is 1. The standard InChI is InChI=1S/C20H29NO4/c1-13-5-3-6-14(2)11-18-15(9-8-13)16(20(24)25-18)12-21-10-4-7-17(21)19(22)23/h5,11,15-18H,3-4,6-10,12H2,1-2H3,(H,22,23)/b13-5-,14-11-/t15-,16-,17-,18+/m0/s1. The number of likely N-dealkylation sites (tertiary alicyclic amines) is 1. The Hall–Kier alpha value is -1.62. The number of carbonyl (C=O) groups excluding carboxylic acids is 1. The Morgan fingerprint density at radius 3 is 2.84 bits per heavy atom. The number of hydrogen-bond acceptors (Lipinski definition) is 4. The van der Waals surface area contributed by atoms with Gasteiger partial charge < -0.3 is 9.84 Å². The third kappa shape index (κ3) is 4.14. The summed E-state index contributed by atoms with van der Waals surface area (Å²) < 4.78 is 5.71. The number of carboxylic acids is 1. The monoisotopic (exact) mass is 347 g/mol. The molecule has 4 atom stereocenters. The summed E-state index contributed by atoms with van der Waals surface area (Å²) in [6, 6.07) is -0.453. The van der Waals surface area contributed by atoms with Crippen LogP contribution in [0, 0.1) is 11.8 Å². The number of carboxylic acid groups (broad SMARTS) is 1. The molecule has 25 heavy (non-hydrogen) atoms.